The highest BCUT2D eigenvalue weighted by Crippen LogP contribution is 2.40. The number of nitrogens with zero attached hydrogens (tertiary/aromatic N) is 3. The number of pyridine rings is 1. The minimum Gasteiger partial charge on any atom is -0.507 e. The lowest BCUT2D eigenvalue weighted by Gasteiger charge is -2.29. The van der Waals surface area contributed by atoms with Crippen molar-refractivity contribution in [2.75, 3.05) is 20.2 Å². The smallest absolute Gasteiger partial charge is 0.261 e. The van der Waals surface area contributed by atoms with Crippen molar-refractivity contribution < 1.29 is 19.0 Å². The van der Waals surface area contributed by atoms with Crippen molar-refractivity contribution in [1.82, 2.24) is 15.6 Å². The topological polar surface area (TPSA) is 100 Å². The van der Waals surface area contributed by atoms with Crippen molar-refractivity contribution in [3.05, 3.63) is 47.2 Å². The number of aliphatic imine (C=N–C) groups is 1. The summed E-state index contributed by atoms with van der Waals surface area (Å²) in [6, 6.07) is 3.86. The molecule has 0 saturated carbocycles. The molecule has 3 N–H and O–H groups in total. The van der Waals surface area contributed by atoms with Gasteiger partial charge in [0.2, 0.25) is 0 Å². The Kier molecular flexibility index (Phi) is 5.37. The van der Waals surface area contributed by atoms with Gasteiger partial charge < -0.3 is 15.2 Å². The van der Waals surface area contributed by atoms with Crippen LogP contribution in [-0.4, -0.2) is 42.2 Å². The van der Waals surface area contributed by atoms with Gasteiger partial charge in [0.25, 0.3) is 11.8 Å². The van der Waals surface area contributed by atoms with E-state index in [1.807, 2.05) is 13.8 Å². The number of ether oxygens (including phenoxy) is 1. The Balaban J connectivity index is 2.10. The van der Waals surface area contributed by atoms with E-state index in [0.29, 0.717) is 13.1 Å². The standard InChI is InChI=1S/C20H20FN5O3/c1-20(2)9-24-19(25-10-20)26-17(28)15-13(27)6-5-12(22-3)14(15)11-7-8-23-18(29-4)16(11)21/h5-8,27H,9-10H2,1-2,4H3,(H2,24,25,26,28). The summed E-state index contributed by atoms with van der Waals surface area (Å²) in [4.78, 5) is 24.4. The van der Waals surface area contributed by atoms with Crippen LogP contribution in [0.2, 0.25) is 0 Å². The van der Waals surface area contributed by atoms with Crippen molar-refractivity contribution in [3.63, 3.8) is 0 Å². The van der Waals surface area contributed by atoms with Gasteiger partial charge in [-0.3, -0.25) is 15.1 Å². The van der Waals surface area contributed by atoms with Crippen LogP contribution < -0.4 is 15.4 Å². The third kappa shape index (κ3) is 3.96. The molecule has 0 spiro atoms. The molecule has 0 atom stereocenters. The number of methoxy groups -OCH3 is 1. The first-order valence-corrected chi connectivity index (χ1v) is 8.79. The van der Waals surface area contributed by atoms with E-state index in [4.69, 9.17) is 11.3 Å². The molecule has 1 aliphatic rings. The normalized spacial score (nSPS) is 14.9. The Hall–Kier alpha value is -3.67. The quantitative estimate of drug-likeness (QED) is 0.692. The zero-order valence-electron chi connectivity index (χ0n) is 16.2. The van der Waals surface area contributed by atoms with E-state index in [9.17, 15) is 14.3 Å². The summed E-state index contributed by atoms with van der Waals surface area (Å²) in [6.07, 6.45) is 1.30. The predicted molar refractivity (Wildman–Crippen MR) is 106 cm³/mol. The lowest BCUT2D eigenvalue weighted by atomic mass is 9.93. The number of phenols is 1. The SMILES string of the molecule is [C-]#[N+]c1ccc(O)c(C(=O)NC2=NCC(C)(C)CN2)c1-c1ccnc(OC)c1F. The minimum absolute atomic E-state index is 0.000205. The van der Waals surface area contributed by atoms with Crippen LogP contribution in [0.15, 0.2) is 29.4 Å². The molecule has 1 aliphatic heterocycles. The zero-order valence-corrected chi connectivity index (χ0v) is 16.2. The lowest BCUT2D eigenvalue weighted by Crippen LogP contribution is -2.49. The molecule has 0 radical (unpaired) electrons. The van der Waals surface area contributed by atoms with Crippen LogP contribution in [0.4, 0.5) is 10.1 Å². The summed E-state index contributed by atoms with van der Waals surface area (Å²) in [6.45, 7) is 12.6. The Morgan fingerprint density at radius 1 is 1.41 bits per heavy atom. The fourth-order valence-corrected chi connectivity index (χ4v) is 2.92. The number of hydrogen-bond acceptors (Lipinski definition) is 6. The highest BCUT2D eigenvalue weighted by Gasteiger charge is 2.27. The lowest BCUT2D eigenvalue weighted by molar-refractivity contribution is 0.0972. The summed E-state index contributed by atoms with van der Waals surface area (Å²) >= 11 is 0. The summed E-state index contributed by atoms with van der Waals surface area (Å²) < 4.78 is 19.8. The van der Waals surface area contributed by atoms with Gasteiger partial charge in [0.15, 0.2) is 17.5 Å². The number of rotatable bonds is 3. The number of phenolic OH excluding ortho intramolecular Hbond substituents is 1. The second kappa shape index (κ2) is 7.75. The van der Waals surface area contributed by atoms with Gasteiger partial charge in [-0.25, -0.2) is 14.2 Å². The monoisotopic (exact) mass is 397 g/mol. The molecule has 1 aromatic heterocycles. The Labute approximate surface area is 167 Å². The van der Waals surface area contributed by atoms with E-state index in [1.165, 1.54) is 31.5 Å². The maximum atomic E-state index is 14.9. The number of carbonyl (C=O) groups is 1. The zero-order chi connectivity index (χ0) is 21.2. The van der Waals surface area contributed by atoms with Gasteiger partial charge in [0, 0.05) is 35.8 Å². The van der Waals surface area contributed by atoms with Gasteiger partial charge >= 0.3 is 0 Å². The first-order chi connectivity index (χ1) is 13.8. The number of nitrogens with one attached hydrogen (secondary N) is 2. The molecule has 0 aliphatic carbocycles. The van der Waals surface area contributed by atoms with E-state index < -0.39 is 17.5 Å². The molecule has 8 nitrogen and oxygen atoms in total. The molecule has 2 aromatic rings. The Morgan fingerprint density at radius 2 is 2.17 bits per heavy atom. The fraction of sp³-hybridized carbons (Fsp3) is 0.300. The second-order valence-electron chi connectivity index (χ2n) is 7.28. The molecule has 1 aromatic carbocycles. The molecule has 3 rings (SSSR count). The number of amides is 1. The molecule has 29 heavy (non-hydrogen) atoms. The molecule has 150 valence electrons. The number of carbonyl (C=O) groups excluding carboxylic acids is 1. The van der Waals surface area contributed by atoms with Gasteiger partial charge in [-0.2, -0.15) is 0 Å². The maximum Gasteiger partial charge on any atom is 0.261 e. The van der Waals surface area contributed by atoms with E-state index >= 15 is 0 Å². The molecule has 0 unspecified atom stereocenters. The molecule has 0 bridgehead atoms. The van der Waals surface area contributed by atoms with Crippen molar-refractivity contribution in [3.8, 4) is 22.8 Å². The predicted octanol–water partition coefficient (Wildman–Crippen LogP) is 2.87. The number of aromatic nitrogens is 1. The third-order valence-corrected chi connectivity index (χ3v) is 4.46. The fourth-order valence-electron chi connectivity index (χ4n) is 2.92. The number of hydrogen-bond donors (Lipinski definition) is 3. The average molecular weight is 397 g/mol. The van der Waals surface area contributed by atoms with Crippen LogP contribution >= 0.6 is 0 Å². The largest absolute Gasteiger partial charge is 0.507 e. The van der Waals surface area contributed by atoms with Crippen LogP contribution in [0, 0.1) is 17.8 Å². The van der Waals surface area contributed by atoms with Gasteiger partial charge in [0.1, 0.15) is 5.75 Å². The maximum absolute atomic E-state index is 14.9. The summed E-state index contributed by atoms with van der Waals surface area (Å²) in [5, 5.41) is 16.0. The Morgan fingerprint density at radius 3 is 2.79 bits per heavy atom. The van der Waals surface area contributed by atoms with Crippen LogP contribution in [-0.2, 0) is 0 Å². The van der Waals surface area contributed by atoms with Crippen molar-refractivity contribution in [1.29, 1.82) is 0 Å². The van der Waals surface area contributed by atoms with E-state index in [-0.39, 0.29) is 39.6 Å². The van der Waals surface area contributed by atoms with Crippen molar-refractivity contribution in [2.45, 2.75) is 13.8 Å². The number of guanidine groups is 1. The molecule has 0 fully saturated rings. The van der Waals surface area contributed by atoms with Gasteiger partial charge in [0.05, 0.1) is 19.2 Å². The first kappa shape index (κ1) is 20.1. The van der Waals surface area contributed by atoms with Crippen LogP contribution in [0.1, 0.15) is 24.2 Å². The molecule has 9 heteroatoms. The molecule has 2 heterocycles. The van der Waals surface area contributed by atoms with E-state index in [1.54, 1.807) is 0 Å². The van der Waals surface area contributed by atoms with Crippen LogP contribution in [0.25, 0.3) is 16.0 Å². The minimum atomic E-state index is -0.838. The van der Waals surface area contributed by atoms with Gasteiger partial charge in [-0.1, -0.05) is 19.9 Å². The summed E-state index contributed by atoms with van der Waals surface area (Å²) in [7, 11) is 1.26. The Bertz CT molecular complexity index is 1040. The van der Waals surface area contributed by atoms with Crippen LogP contribution in [0.3, 0.4) is 0 Å². The van der Waals surface area contributed by atoms with E-state index in [0.717, 1.165) is 0 Å². The van der Waals surface area contributed by atoms with E-state index in [2.05, 4.69) is 25.5 Å². The van der Waals surface area contributed by atoms with Crippen molar-refractivity contribution in [2.24, 2.45) is 10.4 Å². The second-order valence-corrected chi connectivity index (χ2v) is 7.28. The summed E-state index contributed by atoms with van der Waals surface area (Å²) in [5.74, 6) is -1.98. The number of aromatic hydroxyl groups is 1. The van der Waals surface area contributed by atoms with Crippen molar-refractivity contribution >= 4 is 17.6 Å². The third-order valence-electron chi connectivity index (χ3n) is 4.46. The average Bonchev–Trinajstić information content (AvgIpc) is 2.69. The number of halogens is 1. The first-order valence-electron chi connectivity index (χ1n) is 8.79. The number of benzene rings is 1. The van der Waals surface area contributed by atoms with Crippen LogP contribution in [0.5, 0.6) is 11.6 Å². The van der Waals surface area contributed by atoms with Gasteiger partial charge in [-0.15, -0.1) is 0 Å². The molecule has 0 saturated heterocycles. The van der Waals surface area contributed by atoms with Gasteiger partial charge in [-0.05, 0) is 12.1 Å². The summed E-state index contributed by atoms with van der Waals surface area (Å²) in [5.41, 5.74) is -0.418. The highest BCUT2D eigenvalue weighted by molar-refractivity contribution is 6.12. The molecular formula is C20H20FN5O3. The highest BCUT2D eigenvalue weighted by atomic mass is 19.1. The molecule has 1 amide bonds. The molecular weight excluding hydrogens is 377 g/mol.